The van der Waals surface area contributed by atoms with Gasteiger partial charge in [0.15, 0.2) is 0 Å². The number of carbonyl (C=O) groups excluding carboxylic acids is 2. The Kier molecular flexibility index (Phi) is 4.77. The second kappa shape index (κ2) is 6.56. The van der Waals surface area contributed by atoms with Crippen LogP contribution in [-0.4, -0.2) is 39.6 Å². The summed E-state index contributed by atoms with van der Waals surface area (Å²) in [5.74, 6) is 0.0550. The van der Waals surface area contributed by atoms with E-state index in [1.54, 1.807) is 24.1 Å². The number of nitrogens with zero attached hydrogens (tertiary/aromatic N) is 3. The van der Waals surface area contributed by atoms with Gasteiger partial charge in [-0.3, -0.25) is 14.3 Å². The molecule has 1 aromatic rings. The van der Waals surface area contributed by atoms with Crippen molar-refractivity contribution in [3.63, 3.8) is 0 Å². The van der Waals surface area contributed by atoms with Crippen LogP contribution in [0.1, 0.15) is 31.4 Å². The average molecular weight is 290 g/mol. The standard InChI is InChI=1S/C15H22N4O2/c1-4-13(20)17-14(12-8-16-18(3)10-12)15(21)19-7-5-6-11(2)9-19/h4,8,10-11,14H,1,5-7,9H2,2-3H3,(H,17,20)/t11-,14+/m0/s1. The Labute approximate surface area is 124 Å². The zero-order valence-electron chi connectivity index (χ0n) is 12.6. The molecular formula is C15H22N4O2. The molecule has 2 atom stereocenters. The van der Waals surface area contributed by atoms with E-state index in [9.17, 15) is 9.59 Å². The summed E-state index contributed by atoms with van der Waals surface area (Å²) in [5, 5.41) is 6.79. The molecule has 21 heavy (non-hydrogen) atoms. The number of carbonyl (C=O) groups is 2. The summed E-state index contributed by atoms with van der Waals surface area (Å²) in [4.78, 5) is 26.2. The molecule has 1 aliphatic heterocycles. The normalized spacial score (nSPS) is 19.9. The van der Waals surface area contributed by atoms with Crippen molar-refractivity contribution in [1.82, 2.24) is 20.0 Å². The number of hydrogen-bond donors (Lipinski definition) is 1. The fourth-order valence-corrected chi connectivity index (χ4v) is 2.65. The predicted octanol–water partition coefficient (Wildman–Crippen LogP) is 1.02. The number of aromatic nitrogens is 2. The highest BCUT2D eigenvalue weighted by atomic mass is 16.2. The summed E-state index contributed by atoms with van der Waals surface area (Å²) >= 11 is 0. The van der Waals surface area contributed by atoms with E-state index in [2.05, 4.69) is 23.9 Å². The van der Waals surface area contributed by atoms with Crippen LogP contribution in [0, 0.1) is 5.92 Å². The quantitative estimate of drug-likeness (QED) is 0.842. The molecule has 0 aliphatic carbocycles. The van der Waals surface area contributed by atoms with E-state index in [1.807, 2.05) is 4.90 Å². The highest BCUT2D eigenvalue weighted by Gasteiger charge is 2.30. The van der Waals surface area contributed by atoms with Crippen molar-refractivity contribution in [2.75, 3.05) is 13.1 Å². The zero-order chi connectivity index (χ0) is 15.4. The van der Waals surface area contributed by atoms with Gasteiger partial charge in [-0.15, -0.1) is 0 Å². The van der Waals surface area contributed by atoms with Crippen LogP contribution >= 0.6 is 0 Å². The monoisotopic (exact) mass is 290 g/mol. The number of likely N-dealkylation sites (tertiary alicyclic amines) is 1. The van der Waals surface area contributed by atoms with Crippen LogP contribution in [0.4, 0.5) is 0 Å². The molecule has 0 saturated carbocycles. The molecule has 0 bridgehead atoms. The van der Waals surface area contributed by atoms with E-state index in [0.717, 1.165) is 25.9 Å². The Morgan fingerprint density at radius 2 is 2.33 bits per heavy atom. The number of aryl methyl sites for hydroxylation is 1. The summed E-state index contributed by atoms with van der Waals surface area (Å²) in [5.41, 5.74) is 0.691. The Morgan fingerprint density at radius 1 is 1.57 bits per heavy atom. The van der Waals surface area contributed by atoms with Crippen LogP contribution in [0.2, 0.25) is 0 Å². The van der Waals surface area contributed by atoms with E-state index in [1.165, 1.54) is 6.08 Å². The number of rotatable bonds is 4. The lowest BCUT2D eigenvalue weighted by atomic mass is 9.99. The number of amides is 2. The first kappa shape index (κ1) is 15.3. The summed E-state index contributed by atoms with van der Waals surface area (Å²) in [6, 6.07) is -0.700. The molecule has 0 unspecified atom stereocenters. The fraction of sp³-hybridized carbons (Fsp3) is 0.533. The van der Waals surface area contributed by atoms with Gasteiger partial charge in [0, 0.05) is 31.9 Å². The van der Waals surface area contributed by atoms with Crippen molar-refractivity contribution in [2.45, 2.75) is 25.8 Å². The molecule has 6 heteroatoms. The lowest BCUT2D eigenvalue weighted by Gasteiger charge is -2.33. The molecule has 1 fully saturated rings. The van der Waals surface area contributed by atoms with Gasteiger partial charge in [-0.05, 0) is 24.8 Å². The van der Waals surface area contributed by atoms with Crippen molar-refractivity contribution in [2.24, 2.45) is 13.0 Å². The summed E-state index contributed by atoms with van der Waals surface area (Å²) in [6.45, 7) is 7.05. The van der Waals surface area contributed by atoms with Crippen molar-refractivity contribution in [3.8, 4) is 0 Å². The smallest absolute Gasteiger partial charge is 0.249 e. The second-order valence-corrected chi connectivity index (χ2v) is 5.62. The van der Waals surface area contributed by atoms with Gasteiger partial charge in [0.1, 0.15) is 6.04 Å². The Bertz CT molecular complexity index is 538. The molecule has 1 aromatic heterocycles. The van der Waals surface area contributed by atoms with Crippen molar-refractivity contribution >= 4 is 11.8 Å². The molecule has 114 valence electrons. The van der Waals surface area contributed by atoms with Gasteiger partial charge in [0.2, 0.25) is 11.8 Å². The molecule has 2 rings (SSSR count). The summed E-state index contributed by atoms with van der Waals surface area (Å²) < 4.78 is 1.62. The Hall–Kier alpha value is -2.11. The van der Waals surface area contributed by atoms with Gasteiger partial charge in [-0.25, -0.2) is 0 Å². The SMILES string of the molecule is C=CC(=O)N[C@@H](C(=O)N1CCC[C@H](C)C1)c1cnn(C)c1. The molecular weight excluding hydrogens is 268 g/mol. The number of hydrogen-bond acceptors (Lipinski definition) is 3. The van der Waals surface area contributed by atoms with Crippen molar-refractivity contribution in [1.29, 1.82) is 0 Å². The third-order valence-electron chi connectivity index (χ3n) is 3.75. The van der Waals surface area contributed by atoms with Crippen LogP contribution < -0.4 is 5.32 Å². The largest absolute Gasteiger partial charge is 0.340 e. The van der Waals surface area contributed by atoms with Crippen LogP contribution in [0.15, 0.2) is 25.0 Å². The molecule has 2 amide bonds. The lowest BCUT2D eigenvalue weighted by Crippen LogP contribution is -2.46. The number of piperidine rings is 1. The summed E-state index contributed by atoms with van der Waals surface area (Å²) in [6.07, 6.45) is 6.68. The molecule has 6 nitrogen and oxygen atoms in total. The first-order valence-corrected chi connectivity index (χ1v) is 7.21. The zero-order valence-corrected chi connectivity index (χ0v) is 12.6. The first-order chi connectivity index (χ1) is 10.0. The molecule has 0 aromatic carbocycles. The molecule has 2 heterocycles. The topological polar surface area (TPSA) is 67.2 Å². The highest BCUT2D eigenvalue weighted by Crippen LogP contribution is 2.21. The molecule has 1 N–H and O–H groups in total. The third kappa shape index (κ3) is 3.71. The first-order valence-electron chi connectivity index (χ1n) is 7.21. The Morgan fingerprint density at radius 3 is 2.90 bits per heavy atom. The molecule has 1 saturated heterocycles. The Balaban J connectivity index is 2.19. The van der Waals surface area contributed by atoms with Gasteiger partial charge < -0.3 is 10.2 Å². The van der Waals surface area contributed by atoms with Gasteiger partial charge in [-0.2, -0.15) is 5.10 Å². The third-order valence-corrected chi connectivity index (χ3v) is 3.75. The van der Waals surface area contributed by atoms with Gasteiger partial charge in [0.25, 0.3) is 0 Å². The maximum absolute atomic E-state index is 12.7. The maximum Gasteiger partial charge on any atom is 0.249 e. The van der Waals surface area contributed by atoms with Gasteiger partial charge in [-0.1, -0.05) is 13.5 Å². The van der Waals surface area contributed by atoms with Gasteiger partial charge >= 0.3 is 0 Å². The van der Waals surface area contributed by atoms with Crippen LogP contribution in [0.5, 0.6) is 0 Å². The van der Waals surface area contributed by atoms with E-state index in [0.29, 0.717) is 11.5 Å². The van der Waals surface area contributed by atoms with E-state index in [-0.39, 0.29) is 11.8 Å². The predicted molar refractivity (Wildman–Crippen MR) is 79.3 cm³/mol. The molecule has 0 radical (unpaired) electrons. The molecule has 0 spiro atoms. The minimum absolute atomic E-state index is 0.0789. The maximum atomic E-state index is 12.7. The van der Waals surface area contributed by atoms with Crippen molar-refractivity contribution in [3.05, 3.63) is 30.6 Å². The van der Waals surface area contributed by atoms with Crippen LogP contribution in [0.3, 0.4) is 0 Å². The minimum Gasteiger partial charge on any atom is -0.340 e. The van der Waals surface area contributed by atoms with Gasteiger partial charge in [0.05, 0.1) is 6.20 Å². The highest BCUT2D eigenvalue weighted by molar-refractivity contribution is 5.93. The number of nitrogens with one attached hydrogen (secondary N) is 1. The van der Waals surface area contributed by atoms with E-state index >= 15 is 0 Å². The summed E-state index contributed by atoms with van der Waals surface area (Å²) in [7, 11) is 1.78. The van der Waals surface area contributed by atoms with Crippen LogP contribution in [0.25, 0.3) is 0 Å². The fourth-order valence-electron chi connectivity index (χ4n) is 2.65. The lowest BCUT2D eigenvalue weighted by molar-refractivity contribution is -0.137. The second-order valence-electron chi connectivity index (χ2n) is 5.62. The molecule has 1 aliphatic rings. The van der Waals surface area contributed by atoms with E-state index < -0.39 is 6.04 Å². The minimum atomic E-state index is -0.700. The van der Waals surface area contributed by atoms with Crippen molar-refractivity contribution < 1.29 is 9.59 Å². The van der Waals surface area contributed by atoms with Crippen LogP contribution in [-0.2, 0) is 16.6 Å². The van der Waals surface area contributed by atoms with E-state index in [4.69, 9.17) is 0 Å². The average Bonchev–Trinajstić information content (AvgIpc) is 2.90.